The van der Waals surface area contributed by atoms with Gasteiger partial charge in [0.1, 0.15) is 11.3 Å². The van der Waals surface area contributed by atoms with Crippen molar-refractivity contribution >= 4 is 22.8 Å². The van der Waals surface area contributed by atoms with Crippen LogP contribution in [0.5, 0.6) is 0 Å². The van der Waals surface area contributed by atoms with Crippen molar-refractivity contribution in [1.82, 2.24) is 19.9 Å². The number of hydrogen-bond acceptors (Lipinski definition) is 5. The third-order valence-corrected chi connectivity index (χ3v) is 7.08. The molecule has 2 saturated heterocycles. The van der Waals surface area contributed by atoms with Crippen molar-refractivity contribution in [2.75, 3.05) is 24.5 Å². The lowest BCUT2D eigenvalue weighted by Gasteiger charge is -2.53. The van der Waals surface area contributed by atoms with E-state index in [1.54, 1.807) is 6.20 Å². The average Bonchev–Trinajstić information content (AvgIpc) is 2.87. The molecule has 8 heteroatoms. The minimum Gasteiger partial charge on any atom is -0.353 e. The Morgan fingerprint density at radius 2 is 1.94 bits per heavy atom. The van der Waals surface area contributed by atoms with Gasteiger partial charge in [0.25, 0.3) is 5.91 Å². The topological polar surface area (TPSA) is 62.2 Å². The van der Waals surface area contributed by atoms with E-state index < -0.39 is 11.6 Å². The molecule has 0 spiro atoms. The highest BCUT2D eigenvalue weighted by molar-refractivity contribution is 6.01. The Kier molecular flexibility index (Phi) is 5.16. The lowest BCUT2D eigenvalue weighted by atomic mass is 9.81. The number of aromatic nitrogens is 3. The van der Waals surface area contributed by atoms with E-state index in [1.165, 1.54) is 12.3 Å². The summed E-state index contributed by atoms with van der Waals surface area (Å²) in [4.78, 5) is 30.8. The van der Waals surface area contributed by atoms with Gasteiger partial charge in [-0.15, -0.1) is 0 Å². The van der Waals surface area contributed by atoms with Crippen molar-refractivity contribution in [3.63, 3.8) is 0 Å². The molecule has 4 aromatic rings. The SMILES string of the molecule is Cc1ccc(-c2ccccn2)c(C(=O)N2C[C@H]3CCN(c4cnc5c(F)c(F)ccc5n4)C[C@H]32)c1. The molecular formula is C27H23F2N5O. The summed E-state index contributed by atoms with van der Waals surface area (Å²) in [6.45, 7) is 4.09. The second kappa shape index (κ2) is 8.37. The number of aryl methyl sites for hydroxylation is 1. The summed E-state index contributed by atoms with van der Waals surface area (Å²) in [6, 6.07) is 14.1. The Labute approximate surface area is 201 Å². The maximum absolute atomic E-state index is 14.0. The minimum absolute atomic E-state index is 0.000375. The van der Waals surface area contributed by atoms with E-state index in [0.717, 1.165) is 42.4 Å². The number of fused-ring (bicyclic) bond motifs is 2. The maximum Gasteiger partial charge on any atom is 0.254 e. The molecule has 2 atom stereocenters. The Morgan fingerprint density at radius 1 is 1.06 bits per heavy atom. The van der Waals surface area contributed by atoms with Gasteiger partial charge in [0.05, 0.1) is 23.4 Å². The van der Waals surface area contributed by atoms with Crippen LogP contribution in [0.4, 0.5) is 14.6 Å². The summed E-state index contributed by atoms with van der Waals surface area (Å²) in [7, 11) is 0. The van der Waals surface area contributed by atoms with E-state index in [9.17, 15) is 13.6 Å². The third-order valence-electron chi connectivity index (χ3n) is 7.08. The van der Waals surface area contributed by atoms with Gasteiger partial charge in [-0.2, -0.15) is 0 Å². The van der Waals surface area contributed by atoms with Crippen LogP contribution >= 0.6 is 0 Å². The lowest BCUT2D eigenvalue weighted by molar-refractivity contribution is 0.00786. The average molecular weight is 472 g/mol. The standard InChI is InChI=1S/C27H23F2N5O/c1-16-5-6-18(21-4-2-3-10-30-21)19(12-16)27(35)34-14-17-9-11-33(15-23(17)34)24-13-31-26-22(32-24)8-7-20(28)25(26)29/h2-8,10,12-13,17,23H,9,11,14-15H2,1H3/t17-,23-/m1/s1. The zero-order chi connectivity index (χ0) is 24.1. The molecule has 1 amide bonds. The maximum atomic E-state index is 14.0. The molecule has 2 fully saturated rings. The second-order valence-electron chi connectivity index (χ2n) is 9.24. The largest absolute Gasteiger partial charge is 0.353 e. The molecule has 35 heavy (non-hydrogen) atoms. The number of rotatable bonds is 3. The minimum atomic E-state index is -0.988. The quantitative estimate of drug-likeness (QED) is 0.436. The smallest absolute Gasteiger partial charge is 0.254 e. The summed E-state index contributed by atoms with van der Waals surface area (Å²) in [6.07, 6.45) is 4.13. The molecule has 2 aliphatic heterocycles. The Morgan fingerprint density at radius 3 is 2.77 bits per heavy atom. The second-order valence-corrected chi connectivity index (χ2v) is 9.24. The predicted octanol–water partition coefficient (Wildman–Crippen LogP) is 4.63. The number of carbonyl (C=O) groups is 1. The molecule has 0 bridgehead atoms. The Balaban J connectivity index is 1.26. The van der Waals surface area contributed by atoms with Crippen molar-refractivity contribution in [3.8, 4) is 11.3 Å². The van der Waals surface area contributed by atoms with Gasteiger partial charge in [0.15, 0.2) is 11.6 Å². The van der Waals surface area contributed by atoms with Gasteiger partial charge >= 0.3 is 0 Å². The van der Waals surface area contributed by atoms with E-state index in [4.69, 9.17) is 0 Å². The van der Waals surface area contributed by atoms with Crippen LogP contribution in [0.15, 0.2) is 60.9 Å². The first-order valence-corrected chi connectivity index (χ1v) is 11.7. The molecule has 0 radical (unpaired) electrons. The van der Waals surface area contributed by atoms with E-state index in [1.807, 2.05) is 48.2 Å². The van der Waals surface area contributed by atoms with Crippen LogP contribution in [0.1, 0.15) is 22.3 Å². The fourth-order valence-electron chi connectivity index (χ4n) is 5.14. The molecule has 2 aromatic heterocycles. The zero-order valence-corrected chi connectivity index (χ0v) is 19.2. The molecule has 2 aromatic carbocycles. The number of pyridine rings is 1. The van der Waals surface area contributed by atoms with Gasteiger partial charge < -0.3 is 9.80 Å². The molecule has 6 rings (SSSR count). The first-order valence-electron chi connectivity index (χ1n) is 11.7. The number of nitrogens with zero attached hydrogens (tertiary/aromatic N) is 5. The van der Waals surface area contributed by atoms with Gasteiger partial charge in [0, 0.05) is 42.9 Å². The van der Waals surface area contributed by atoms with Crippen LogP contribution in [-0.2, 0) is 0 Å². The van der Waals surface area contributed by atoms with E-state index in [0.29, 0.717) is 29.4 Å². The number of amides is 1. The summed E-state index contributed by atoms with van der Waals surface area (Å²) < 4.78 is 27.6. The van der Waals surface area contributed by atoms with Gasteiger partial charge in [0.2, 0.25) is 0 Å². The lowest BCUT2D eigenvalue weighted by Crippen LogP contribution is -2.65. The van der Waals surface area contributed by atoms with Crippen molar-refractivity contribution in [1.29, 1.82) is 0 Å². The molecule has 0 aliphatic carbocycles. The number of piperidine rings is 1. The fourth-order valence-corrected chi connectivity index (χ4v) is 5.14. The fraction of sp³-hybridized carbons (Fsp3) is 0.259. The molecule has 176 valence electrons. The third kappa shape index (κ3) is 3.69. The van der Waals surface area contributed by atoms with Crippen molar-refractivity contribution in [2.45, 2.75) is 19.4 Å². The van der Waals surface area contributed by atoms with Crippen molar-refractivity contribution < 1.29 is 13.6 Å². The van der Waals surface area contributed by atoms with Gasteiger partial charge in [-0.05, 0) is 43.7 Å². The van der Waals surface area contributed by atoms with Crippen molar-refractivity contribution in [3.05, 3.63) is 83.7 Å². The first kappa shape index (κ1) is 21.6. The molecule has 2 aliphatic rings. The van der Waals surface area contributed by atoms with E-state index in [2.05, 4.69) is 19.9 Å². The highest BCUT2D eigenvalue weighted by atomic mass is 19.2. The van der Waals surface area contributed by atoms with E-state index >= 15 is 0 Å². The van der Waals surface area contributed by atoms with Crippen molar-refractivity contribution in [2.24, 2.45) is 5.92 Å². The monoisotopic (exact) mass is 471 g/mol. The number of halogens is 2. The van der Waals surface area contributed by atoms with Crippen LogP contribution in [0.25, 0.3) is 22.3 Å². The van der Waals surface area contributed by atoms with Crippen LogP contribution in [0, 0.1) is 24.5 Å². The number of hydrogen-bond donors (Lipinski definition) is 0. The molecule has 4 heterocycles. The number of benzene rings is 2. The van der Waals surface area contributed by atoms with Crippen LogP contribution in [0.3, 0.4) is 0 Å². The van der Waals surface area contributed by atoms with Gasteiger partial charge in [-0.3, -0.25) is 9.78 Å². The van der Waals surface area contributed by atoms with E-state index in [-0.39, 0.29) is 17.5 Å². The number of anilines is 1. The summed E-state index contributed by atoms with van der Waals surface area (Å²) >= 11 is 0. The highest BCUT2D eigenvalue weighted by Gasteiger charge is 2.45. The molecule has 6 nitrogen and oxygen atoms in total. The highest BCUT2D eigenvalue weighted by Crippen LogP contribution is 2.36. The summed E-state index contributed by atoms with van der Waals surface area (Å²) in [5, 5.41) is 0. The summed E-state index contributed by atoms with van der Waals surface area (Å²) in [5.74, 6) is -0.896. The molecule has 0 N–H and O–H groups in total. The van der Waals surface area contributed by atoms with Gasteiger partial charge in [-0.1, -0.05) is 23.8 Å². The molecular weight excluding hydrogens is 448 g/mol. The molecule has 0 unspecified atom stereocenters. The number of carbonyl (C=O) groups excluding carboxylic acids is 1. The van der Waals surface area contributed by atoms with Crippen LogP contribution in [-0.4, -0.2) is 51.4 Å². The Hall–Kier alpha value is -3.94. The normalized spacial score (nSPS) is 19.4. The summed E-state index contributed by atoms with van der Waals surface area (Å²) in [5.41, 5.74) is 3.50. The zero-order valence-electron chi connectivity index (χ0n) is 19.2. The van der Waals surface area contributed by atoms with Gasteiger partial charge in [-0.25, -0.2) is 18.7 Å². The number of likely N-dealkylation sites (tertiary alicyclic amines) is 1. The van der Waals surface area contributed by atoms with Crippen LogP contribution in [0.2, 0.25) is 0 Å². The molecule has 0 saturated carbocycles. The predicted molar refractivity (Wildman–Crippen MR) is 129 cm³/mol. The Bertz CT molecular complexity index is 1440. The van der Waals surface area contributed by atoms with Crippen LogP contribution < -0.4 is 4.90 Å². The first-order chi connectivity index (χ1) is 17.0.